The summed E-state index contributed by atoms with van der Waals surface area (Å²) in [7, 11) is 0. The highest BCUT2D eigenvalue weighted by atomic mass is 15.1. The summed E-state index contributed by atoms with van der Waals surface area (Å²) in [5.74, 6) is 4.08. The normalized spacial score (nSPS) is 17.9. The van der Waals surface area contributed by atoms with Gasteiger partial charge in [-0.25, -0.2) is 25.0 Å². The van der Waals surface area contributed by atoms with Crippen molar-refractivity contribution in [3.63, 3.8) is 0 Å². The molecule has 0 unspecified atom stereocenters. The number of H-pyrrole nitrogens is 1. The molecule has 0 fully saturated rings. The largest absolute Gasteiger partial charge is 0.324 e. The number of hydrogen-bond acceptors (Lipinski definition) is 4. The maximum atomic E-state index is 8.29. The van der Waals surface area contributed by atoms with E-state index in [1.807, 2.05) is 103 Å². The van der Waals surface area contributed by atoms with Crippen LogP contribution in [0, 0.1) is 5.41 Å². The second-order valence-corrected chi connectivity index (χ2v) is 9.57. The smallest absolute Gasteiger partial charge is 0.164 e. The molecule has 5 aromatic rings. The molecular formula is C32H20N8. The highest BCUT2D eigenvalue weighted by Crippen LogP contribution is 2.36. The average molecular weight is 517 g/mol. The Morgan fingerprint density at radius 2 is 1.18 bits per heavy atom. The summed E-state index contributed by atoms with van der Waals surface area (Å²) in [6.07, 6.45) is 1.84. The van der Waals surface area contributed by atoms with E-state index in [9.17, 15) is 0 Å². The van der Waals surface area contributed by atoms with Crippen LogP contribution in [0.3, 0.4) is 0 Å². The summed E-state index contributed by atoms with van der Waals surface area (Å²) in [6, 6.07) is 31.7. The number of aromatic nitrogens is 1. The van der Waals surface area contributed by atoms with Gasteiger partial charge < -0.3 is 10.3 Å². The van der Waals surface area contributed by atoms with Gasteiger partial charge in [-0.05, 0) is 0 Å². The van der Waals surface area contributed by atoms with Gasteiger partial charge in [0.25, 0.3) is 0 Å². The van der Waals surface area contributed by atoms with Gasteiger partial charge in [-0.1, -0.05) is 97.1 Å². The Labute approximate surface area is 228 Å². The lowest BCUT2D eigenvalue weighted by Crippen LogP contribution is -2.22. The molecule has 3 aliphatic rings. The number of aliphatic imine (C=N–C) groups is 5. The third kappa shape index (κ3) is 3.47. The number of fused-ring (bicyclic) bond motifs is 4. The Balaban J connectivity index is 1.24. The molecule has 8 heteroatoms. The van der Waals surface area contributed by atoms with E-state index in [4.69, 9.17) is 25.4 Å². The Kier molecular flexibility index (Phi) is 4.80. The quantitative estimate of drug-likeness (QED) is 0.267. The zero-order valence-electron chi connectivity index (χ0n) is 21.1. The van der Waals surface area contributed by atoms with Crippen LogP contribution in [-0.4, -0.2) is 40.4 Å². The first kappa shape index (κ1) is 22.2. The van der Waals surface area contributed by atoms with Crippen LogP contribution in [0.1, 0.15) is 33.4 Å². The van der Waals surface area contributed by atoms with Gasteiger partial charge in [0.1, 0.15) is 23.3 Å². The van der Waals surface area contributed by atoms with Gasteiger partial charge in [0, 0.05) is 50.4 Å². The highest BCUT2D eigenvalue weighted by Gasteiger charge is 2.26. The maximum absolute atomic E-state index is 8.29. The molecule has 40 heavy (non-hydrogen) atoms. The fourth-order valence-corrected chi connectivity index (χ4v) is 5.25. The summed E-state index contributed by atoms with van der Waals surface area (Å²) >= 11 is 0. The van der Waals surface area contributed by atoms with Crippen LogP contribution in [0.25, 0.3) is 10.8 Å². The molecule has 0 bridgehead atoms. The molecule has 8 rings (SSSR count). The molecule has 0 saturated heterocycles. The zero-order chi connectivity index (χ0) is 26.6. The minimum Gasteiger partial charge on any atom is -0.324 e. The van der Waals surface area contributed by atoms with Crippen LogP contribution in [0.5, 0.6) is 0 Å². The van der Waals surface area contributed by atoms with Crippen molar-refractivity contribution >= 4 is 57.8 Å². The number of benzene rings is 4. The molecular weight excluding hydrogens is 496 g/mol. The first-order chi connectivity index (χ1) is 19.7. The molecule has 0 atom stereocenters. The standard InChI is InChI=1S/C32H20N8/c33-26-20-11-3-4-12-21(20)28(35-26)37-30-24-15-7-8-16-25(24)32(39-30)40-31-23-14-6-5-13-22(23)29(38-31)36-27-19-10-2-1-9-18(19)17-34-27/h1-17,38H,(H2,33,35,37,39,40)/b36-27-. The lowest BCUT2D eigenvalue weighted by Gasteiger charge is -2.01. The van der Waals surface area contributed by atoms with Crippen LogP contribution < -0.4 is 5.32 Å². The number of amidine groups is 5. The number of aromatic amines is 1. The van der Waals surface area contributed by atoms with Crippen molar-refractivity contribution in [2.75, 3.05) is 0 Å². The van der Waals surface area contributed by atoms with Crippen LogP contribution in [0.15, 0.2) is 122 Å². The van der Waals surface area contributed by atoms with Gasteiger partial charge in [-0.2, -0.15) is 0 Å². The molecule has 188 valence electrons. The molecule has 3 N–H and O–H groups in total. The predicted octanol–water partition coefficient (Wildman–Crippen LogP) is 5.89. The Bertz CT molecular complexity index is 2050. The molecule has 0 spiro atoms. The summed E-state index contributed by atoms with van der Waals surface area (Å²) in [5.41, 5.74) is 5.54. The molecule has 0 aliphatic carbocycles. The van der Waals surface area contributed by atoms with Crippen molar-refractivity contribution in [1.29, 1.82) is 5.41 Å². The number of nitrogens with zero attached hydrogens (tertiary/aromatic N) is 5. The van der Waals surface area contributed by atoms with Crippen molar-refractivity contribution in [2.24, 2.45) is 25.0 Å². The summed E-state index contributed by atoms with van der Waals surface area (Å²) in [6.45, 7) is 0. The van der Waals surface area contributed by atoms with E-state index in [-0.39, 0.29) is 0 Å². The van der Waals surface area contributed by atoms with Crippen molar-refractivity contribution in [3.8, 4) is 0 Å². The summed E-state index contributed by atoms with van der Waals surface area (Å²) in [4.78, 5) is 27.5. The van der Waals surface area contributed by atoms with Crippen molar-refractivity contribution < 1.29 is 0 Å². The third-order valence-corrected chi connectivity index (χ3v) is 7.17. The molecule has 4 aromatic carbocycles. The summed E-state index contributed by atoms with van der Waals surface area (Å²) in [5, 5.41) is 13.3. The first-order valence-corrected chi connectivity index (χ1v) is 12.9. The van der Waals surface area contributed by atoms with E-state index in [2.05, 4.69) is 15.3 Å². The SMILES string of the molecule is N=C1NC(=NC2=N/C(=N\c3[nH]c(/N=C4\N=Cc5ccccc54)c4ccccc34)c3ccccc32)c2ccccc21. The van der Waals surface area contributed by atoms with Gasteiger partial charge >= 0.3 is 0 Å². The Morgan fingerprint density at radius 3 is 1.95 bits per heavy atom. The van der Waals surface area contributed by atoms with Gasteiger partial charge in [0.15, 0.2) is 17.5 Å². The predicted molar refractivity (Wildman–Crippen MR) is 161 cm³/mol. The average Bonchev–Trinajstić information content (AvgIpc) is 3.74. The molecule has 0 amide bonds. The van der Waals surface area contributed by atoms with E-state index in [0.29, 0.717) is 40.8 Å². The second kappa shape index (κ2) is 8.64. The fraction of sp³-hybridized carbons (Fsp3) is 0. The van der Waals surface area contributed by atoms with Gasteiger partial charge in [-0.15, -0.1) is 0 Å². The number of rotatable bonds is 2. The maximum Gasteiger partial charge on any atom is 0.164 e. The van der Waals surface area contributed by atoms with E-state index in [1.54, 1.807) is 0 Å². The topological polar surface area (TPSA) is 113 Å². The van der Waals surface area contributed by atoms with E-state index in [0.717, 1.165) is 44.2 Å². The lowest BCUT2D eigenvalue weighted by atomic mass is 10.1. The molecule has 0 saturated carbocycles. The number of nitrogens with one attached hydrogen (secondary N) is 3. The molecule has 4 heterocycles. The van der Waals surface area contributed by atoms with Crippen molar-refractivity contribution in [1.82, 2.24) is 10.3 Å². The minimum atomic E-state index is 0.330. The third-order valence-electron chi connectivity index (χ3n) is 7.17. The molecule has 0 radical (unpaired) electrons. The second-order valence-electron chi connectivity index (χ2n) is 9.57. The van der Waals surface area contributed by atoms with Gasteiger partial charge in [0.2, 0.25) is 0 Å². The molecule has 1 aromatic heterocycles. The van der Waals surface area contributed by atoms with Crippen LogP contribution in [0.2, 0.25) is 0 Å². The van der Waals surface area contributed by atoms with Crippen LogP contribution in [-0.2, 0) is 0 Å². The minimum absolute atomic E-state index is 0.330. The molecule has 8 nitrogen and oxygen atoms in total. The fourth-order valence-electron chi connectivity index (χ4n) is 5.25. The Morgan fingerprint density at radius 1 is 0.575 bits per heavy atom. The van der Waals surface area contributed by atoms with Crippen molar-refractivity contribution in [3.05, 3.63) is 130 Å². The number of hydrogen-bond donors (Lipinski definition) is 3. The van der Waals surface area contributed by atoms with E-state index < -0.39 is 0 Å². The van der Waals surface area contributed by atoms with Crippen LogP contribution in [0.4, 0.5) is 11.6 Å². The zero-order valence-corrected chi connectivity index (χ0v) is 21.1. The summed E-state index contributed by atoms with van der Waals surface area (Å²) < 4.78 is 0. The van der Waals surface area contributed by atoms with E-state index >= 15 is 0 Å². The van der Waals surface area contributed by atoms with Crippen molar-refractivity contribution in [2.45, 2.75) is 0 Å². The van der Waals surface area contributed by atoms with E-state index in [1.165, 1.54) is 0 Å². The molecule has 3 aliphatic heterocycles. The Hall–Kier alpha value is -5.76. The van der Waals surface area contributed by atoms with Gasteiger partial charge in [0.05, 0.1) is 0 Å². The van der Waals surface area contributed by atoms with Gasteiger partial charge in [-0.3, -0.25) is 5.41 Å². The lowest BCUT2D eigenvalue weighted by molar-refractivity contribution is 1.29. The van der Waals surface area contributed by atoms with Crippen LogP contribution >= 0.6 is 0 Å². The monoisotopic (exact) mass is 516 g/mol. The first-order valence-electron chi connectivity index (χ1n) is 12.9. The highest BCUT2D eigenvalue weighted by molar-refractivity contribution is 6.30.